The van der Waals surface area contributed by atoms with Crippen molar-refractivity contribution in [2.75, 3.05) is 6.54 Å². The molecule has 0 bridgehead atoms. The van der Waals surface area contributed by atoms with Gasteiger partial charge in [-0.25, -0.2) is 0 Å². The molecule has 1 aromatic heterocycles. The summed E-state index contributed by atoms with van der Waals surface area (Å²) in [6.07, 6.45) is 2.10. The second-order valence-electron chi connectivity index (χ2n) is 4.12. The maximum Gasteiger partial charge on any atom is 0.0488 e. The highest BCUT2D eigenvalue weighted by Gasteiger charge is 2.07. The molecule has 0 aliphatic carbocycles. The molecule has 0 saturated heterocycles. The first kappa shape index (κ1) is 10.2. The number of aromatic amines is 1. The van der Waals surface area contributed by atoms with Crippen LogP contribution < -0.4 is 5.73 Å². The first-order valence-corrected chi connectivity index (χ1v) is 5.51. The quantitative estimate of drug-likeness (QED) is 0.789. The van der Waals surface area contributed by atoms with Crippen LogP contribution in [0.4, 0.5) is 0 Å². The number of aryl methyl sites for hydroxylation is 3. The summed E-state index contributed by atoms with van der Waals surface area (Å²) in [7, 11) is 0. The van der Waals surface area contributed by atoms with Gasteiger partial charge in [-0.05, 0) is 44.4 Å². The third-order valence-electron chi connectivity index (χ3n) is 3.04. The molecule has 0 radical (unpaired) electrons. The number of aromatic nitrogens is 1. The summed E-state index contributed by atoms with van der Waals surface area (Å²) >= 11 is 0. The van der Waals surface area contributed by atoms with Gasteiger partial charge in [0.15, 0.2) is 0 Å². The van der Waals surface area contributed by atoms with Crippen molar-refractivity contribution in [1.29, 1.82) is 0 Å². The molecule has 2 rings (SSSR count). The minimum absolute atomic E-state index is 0.758. The van der Waals surface area contributed by atoms with Gasteiger partial charge in [-0.15, -0.1) is 0 Å². The van der Waals surface area contributed by atoms with Gasteiger partial charge < -0.3 is 10.7 Å². The van der Waals surface area contributed by atoms with E-state index in [0.29, 0.717) is 0 Å². The average molecular weight is 202 g/mol. The number of para-hydroxylation sites is 1. The Labute approximate surface area is 90.5 Å². The Morgan fingerprint density at radius 3 is 2.73 bits per heavy atom. The first-order chi connectivity index (χ1) is 7.24. The van der Waals surface area contributed by atoms with E-state index in [1.165, 1.54) is 27.7 Å². The standard InChI is InChI=1S/C13H18N2/c1-9-5-3-6-11-10(2)12(7-4-8-14)15-13(9)11/h3,5-6,15H,4,7-8,14H2,1-2H3. The number of hydrogen-bond acceptors (Lipinski definition) is 1. The summed E-state index contributed by atoms with van der Waals surface area (Å²) in [6.45, 7) is 5.09. The van der Waals surface area contributed by atoms with Crippen molar-refractivity contribution in [3.8, 4) is 0 Å². The summed E-state index contributed by atoms with van der Waals surface area (Å²) in [5.74, 6) is 0. The zero-order valence-electron chi connectivity index (χ0n) is 9.43. The Balaban J connectivity index is 2.49. The number of hydrogen-bond donors (Lipinski definition) is 2. The van der Waals surface area contributed by atoms with E-state index in [2.05, 4.69) is 37.0 Å². The summed E-state index contributed by atoms with van der Waals surface area (Å²) < 4.78 is 0. The summed E-state index contributed by atoms with van der Waals surface area (Å²) in [5, 5.41) is 1.35. The van der Waals surface area contributed by atoms with Gasteiger partial charge in [0.25, 0.3) is 0 Å². The predicted octanol–water partition coefficient (Wildman–Crippen LogP) is 2.68. The molecule has 2 nitrogen and oxygen atoms in total. The van der Waals surface area contributed by atoms with E-state index in [0.717, 1.165) is 19.4 Å². The van der Waals surface area contributed by atoms with E-state index in [1.54, 1.807) is 0 Å². The fourth-order valence-electron chi connectivity index (χ4n) is 2.08. The largest absolute Gasteiger partial charge is 0.358 e. The molecule has 0 saturated carbocycles. The molecule has 0 spiro atoms. The van der Waals surface area contributed by atoms with Crippen molar-refractivity contribution in [3.63, 3.8) is 0 Å². The minimum Gasteiger partial charge on any atom is -0.358 e. The summed E-state index contributed by atoms with van der Waals surface area (Å²) in [5.41, 5.74) is 10.8. The van der Waals surface area contributed by atoms with Crippen molar-refractivity contribution < 1.29 is 0 Å². The summed E-state index contributed by atoms with van der Waals surface area (Å²) in [6, 6.07) is 6.44. The monoisotopic (exact) mass is 202 g/mol. The fraction of sp³-hybridized carbons (Fsp3) is 0.385. The van der Waals surface area contributed by atoms with Gasteiger partial charge in [0.05, 0.1) is 0 Å². The van der Waals surface area contributed by atoms with Gasteiger partial charge in [-0.2, -0.15) is 0 Å². The van der Waals surface area contributed by atoms with Crippen LogP contribution in [0.15, 0.2) is 18.2 Å². The Hall–Kier alpha value is -1.28. The molecule has 2 heteroatoms. The van der Waals surface area contributed by atoms with Crippen molar-refractivity contribution in [3.05, 3.63) is 35.0 Å². The molecule has 0 amide bonds. The fourth-order valence-corrected chi connectivity index (χ4v) is 2.08. The zero-order valence-corrected chi connectivity index (χ0v) is 9.43. The van der Waals surface area contributed by atoms with Crippen LogP contribution in [0.3, 0.4) is 0 Å². The zero-order chi connectivity index (χ0) is 10.8. The second kappa shape index (κ2) is 4.07. The van der Waals surface area contributed by atoms with Gasteiger partial charge in [0.1, 0.15) is 0 Å². The molecule has 2 aromatic rings. The van der Waals surface area contributed by atoms with E-state index in [9.17, 15) is 0 Å². The van der Waals surface area contributed by atoms with E-state index < -0.39 is 0 Å². The van der Waals surface area contributed by atoms with Crippen LogP contribution in [0.2, 0.25) is 0 Å². The van der Waals surface area contributed by atoms with Crippen LogP contribution in [0.5, 0.6) is 0 Å². The molecule has 0 aliphatic rings. The van der Waals surface area contributed by atoms with Gasteiger partial charge in [-0.1, -0.05) is 18.2 Å². The summed E-state index contributed by atoms with van der Waals surface area (Å²) in [4.78, 5) is 3.51. The Bertz CT molecular complexity index is 469. The van der Waals surface area contributed by atoms with Crippen LogP contribution in [0.25, 0.3) is 10.9 Å². The van der Waals surface area contributed by atoms with Crippen molar-refractivity contribution >= 4 is 10.9 Å². The number of fused-ring (bicyclic) bond motifs is 1. The smallest absolute Gasteiger partial charge is 0.0488 e. The highest BCUT2D eigenvalue weighted by molar-refractivity contribution is 5.86. The lowest BCUT2D eigenvalue weighted by molar-refractivity contribution is 0.813. The molecule has 1 aromatic carbocycles. The first-order valence-electron chi connectivity index (χ1n) is 5.51. The predicted molar refractivity (Wildman–Crippen MR) is 65.1 cm³/mol. The van der Waals surface area contributed by atoms with Crippen LogP contribution in [0.1, 0.15) is 23.2 Å². The second-order valence-corrected chi connectivity index (χ2v) is 4.12. The molecule has 0 fully saturated rings. The number of benzene rings is 1. The molecule has 0 unspecified atom stereocenters. The number of nitrogens with one attached hydrogen (secondary N) is 1. The molecule has 0 atom stereocenters. The van der Waals surface area contributed by atoms with Gasteiger partial charge in [0.2, 0.25) is 0 Å². The van der Waals surface area contributed by atoms with Gasteiger partial charge in [0, 0.05) is 16.6 Å². The Morgan fingerprint density at radius 2 is 2.07 bits per heavy atom. The normalized spacial score (nSPS) is 11.1. The topological polar surface area (TPSA) is 41.8 Å². The Kier molecular flexibility index (Phi) is 2.78. The van der Waals surface area contributed by atoms with Crippen molar-refractivity contribution in [2.24, 2.45) is 5.73 Å². The average Bonchev–Trinajstić information content (AvgIpc) is 2.55. The molecule has 3 N–H and O–H groups in total. The maximum atomic E-state index is 5.54. The van der Waals surface area contributed by atoms with Crippen molar-refractivity contribution in [2.45, 2.75) is 26.7 Å². The molecule has 80 valence electrons. The number of nitrogens with two attached hydrogens (primary N) is 1. The molecular formula is C13H18N2. The molecule has 15 heavy (non-hydrogen) atoms. The highest BCUT2D eigenvalue weighted by atomic mass is 14.7. The van der Waals surface area contributed by atoms with Crippen LogP contribution in [-0.2, 0) is 6.42 Å². The van der Waals surface area contributed by atoms with E-state index in [4.69, 9.17) is 5.73 Å². The lowest BCUT2D eigenvalue weighted by Crippen LogP contribution is -2.01. The maximum absolute atomic E-state index is 5.54. The van der Waals surface area contributed by atoms with E-state index in [-0.39, 0.29) is 0 Å². The molecular weight excluding hydrogens is 184 g/mol. The SMILES string of the molecule is Cc1c(CCCN)[nH]c2c(C)cccc12. The Morgan fingerprint density at radius 1 is 1.27 bits per heavy atom. The van der Waals surface area contributed by atoms with Crippen LogP contribution in [0, 0.1) is 13.8 Å². The van der Waals surface area contributed by atoms with Crippen LogP contribution in [-0.4, -0.2) is 11.5 Å². The lowest BCUT2D eigenvalue weighted by Gasteiger charge is -1.97. The third-order valence-corrected chi connectivity index (χ3v) is 3.04. The van der Waals surface area contributed by atoms with Gasteiger partial charge in [-0.3, -0.25) is 0 Å². The van der Waals surface area contributed by atoms with Crippen LogP contribution >= 0.6 is 0 Å². The third kappa shape index (κ3) is 1.77. The lowest BCUT2D eigenvalue weighted by atomic mass is 10.1. The minimum atomic E-state index is 0.758. The van der Waals surface area contributed by atoms with E-state index >= 15 is 0 Å². The van der Waals surface area contributed by atoms with Crippen molar-refractivity contribution in [1.82, 2.24) is 4.98 Å². The number of rotatable bonds is 3. The molecule has 0 aliphatic heterocycles. The number of H-pyrrole nitrogens is 1. The highest BCUT2D eigenvalue weighted by Crippen LogP contribution is 2.24. The van der Waals surface area contributed by atoms with Gasteiger partial charge >= 0.3 is 0 Å². The molecule has 1 heterocycles. The van der Waals surface area contributed by atoms with E-state index in [1.807, 2.05) is 0 Å².